The highest BCUT2D eigenvalue weighted by molar-refractivity contribution is 9.10. The minimum atomic E-state index is -0.757. The third kappa shape index (κ3) is 3.23. The van der Waals surface area contributed by atoms with Crippen LogP contribution in [0.3, 0.4) is 0 Å². The molecule has 0 aliphatic rings. The summed E-state index contributed by atoms with van der Waals surface area (Å²) in [4.78, 5) is 0. The maximum absolute atomic E-state index is 9.63. The molecular formula is C28H20BrN3O. The molecule has 0 N–H and O–H groups in total. The van der Waals surface area contributed by atoms with Crippen LogP contribution in [0.15, 0.2) is 108 Å². The van der Waals surface area contributed by atoms with Gasteiger partial charge in [-0.05, 0) is 44.8 Å². The molecule has 0 saturated heterocycles. The van der Waals surface area contributed by atoms with E-state index in [-0.39, 0.29) is 0 Å². The number of hydrogen-bond donors (Lipinski definition) is 0. The van der Waals surface area contributed by atoms with E-state index in [2.05, 4.69) is 58.4 Å². The third-order valence-corrected chi connectivity index (χ3v) is 6.53. The molecule has 0 spiro atoms. The first-order valence-corrected chi connectivity index (χ1v) is 11.3. The van der Waals surface area contributed by atoms with Crippen LogP contribution >= 0.6 is 15.9 Å². The van der Waals surface area contributed by atoms with E-state index in [1.165, 1.54) is 0 Å². The Morgan fingerprint density at radius 1 is 0.788 bits per heavy atom. The molecule has 5 rings (SSSR count). The van der Waals surface area contributed by atoms with Gasteiger partial charge in [0.25, 0.3) is 0 Å². The number of aromatic nitrogens is 2. The molecule has 5 aromatic rings. The van der Waals surface area contributed by atoms with Crippen molar-refractivity contribution < 1.29 is 4.74 Å². The highest BCUT2D eigenvalue weighted by atomic mass is 79.9. The van der Waals surface area contributed by atoms with Gasteiger partial charge in [0.1, 0.15) is 22.0 Å². The molecule has 0 unspecified atom stereocenters. The summed E-state index contributed by atoms with van der Waals surface area (Å²) in [6.07, 6.45) is 0. The fourth-order valence-electron chi connectivity index (χ4n) is 4.60. The predicted molar refractivity (Wildman–Crippen MR) is 133 cm³/mol. The van der Waals surface area contributed by atoms with Crippen LogP contribution in [-0.2, 0) is 5.54 Å². The van der Waals surface area contributed by atoms with Gasteiger partial charge in [0.05, 0.1) is 23.6 Å². The minimum Gasteiger partial charge on any atom is -0.495 e. The second-order valence-electron chi connectivity index (χ2n) is 7.66. The van der Waals surface area contributed by atoms with E-state index >= 15 is 0 Å². The lowest BCUT2D eigenvalue weighted by molar-refractivity contribution is 0.418. The van der Waals surface area contributed by atoms with Crippen LogP contribution in [0.4, 0.5) is 0 Å². The van der Waals surface area contributed by atoms with Crippen molar-refractivity contribution in [1.82, 2.24) is 9.78 Å². The van der Waals surface area contributed by atoms with Gasteiger partial charge in [-0.3, -0.25) is 0 Å². The quantitative estimate of drug-likeness (QED) is 0.262. The van der Waals surface area contributed by atoms with Crippen molar-refractivity contribution in [3.63, 3.8) is 0 Å². The first-order valence-electron chi connectivity index (χ1n) is 10.5. The molecule has 5 heteroatoms. The number of fused-ring (bicyclic) bond motifs is 1. The molecule has 0 radical (unpaired) electrons. The van der Waals surface area contributed by atoms with Gasteiger partial charge in [0.2, 0.25) is 0 Å². The van der Waals surface area contributed by atoms with Gasteiger partial charge in [0.15, 0.2) is 0 Å². The molecule has 0 bridgehead atoms. The fraction of sp³-hybridized carbons (Fsp3) is 0.0714. The van der Waals surface area contributed by atoms with E-state index in [1.807, 2.05) is 65.3 Å². The van der Waals surface area contributed by atoms with Gasteiger partial charge in [-0.25, -0.2) is 4.68 Å². The average Bonchev–Trinajstić information content (AvgIpc) is 3.22. The number of nitrogens with zero attached hydrogens (tertiary/aromatic N) is 3. The molecular weight excluding hydrogens is 474 g/mol. The summed E-state index contributed by atoms with van der Waals surface area (Å²) in [5, 5.41) is 15.4. The topological polar surface area (TPSA) is 50.8 Å². The van der Waals surface area contributed by atoms with Gasteiger partial charge < -0.3 is 4.74 Å². The van der Waals surface area contributed by atoms with E-state index in [9.17, 15) is 5.26 Å². The molecule has 0 aliphatic heterocycles. The number of ether oxygens (including phenoxy) is 1. The van der Waals surface area contributed by atoms with Crippen LogP contribution in [0.5, 0.6) is 5.75 Å². The number of methoxy groups -OCH3 is 1. The second kappa shape index (κ2) is 8.57. The zero-order valence-electron chi connectivity index (χ0n) is 17.9. The molecule has 0 aliphatic carbocycles. The first kappa shape index (κ1) is 21.0. The van der Waals surface area contributed by atoms with Gasteiger partial charge in [-0.2, -0.15) is 10.4 Å². The van der Waals surface area contributed by atoms with Gasteiger partial charge in [0, 0.05) is 0 Å². The van der Waals surface area contributed by atoms with Crippen LogP contribution in [0.25, 0.3) is 10.9 Å². The standard InChI is InChI=1S/C28H20BrN3O/c1-33-26-20(19-30)17-18-24-25(26)27(29)31-32(24)28(21-11-5-2-6-12-21,22-13-7-3-8-14-22)23-15-9-4-10-16-23/h2-18H,1H3. The second-order valence-corrected chi connectivity index (χ2v) is 8.41. The monoisotopic (exact) mass is 493 g/mol. The summed E-state index contributed by atoms with van der Waals surface area (Å²) < 4.78 is 8.33. The van der Waals surface area contributed by atoms with Gasteiger partial charge in [-0.1, -0.05) is 91.0 Å². The average molecular weight is 494 g/mol. The van der Waals surface area contributed by atoms with Crippen molar-refractivity contribution >= 4 is 26.8 Å². The highest BCUT2D eigenvalue weighted by Crippen LogP contribution is 2.45. The molecule has 4 nitrogen and oxygen atoms in total. The fourth-order valence-corrected chi connectivity index (χ4v) is 5.14. The number of rotatable bonds is 5. The summed E-state index contributed by atoms with van der Waals surface area (Å²) in [7, 11) is 1.58. The number of benzene rings is 4. The smallest absolute Gasteiger partial charge is 0.148 e. The maximum Gasteiger partial charge on any atom is 0.148 e. The Bertz CT molecular complexity index is 1360. The largest absolute Gasteiger partial charge is 0.495 e. The lowest BCUT2D eigenvalue weighted by atomic mass is 9.77. The number of nitriles is 1. The summed E-state index contributed by atoms with van der Waals surface area (Å²) in [5.41, 5.74) is 3.78. The Hall–Kier alpha value is -3.88. The molecule has 0 saturated carbocycles. The van der Waals surface area contributed by atoms with Crippen LogP contribution in [-0.4, -0.2) is 16.9 Å². The summed E-state index contributed by atoms with van der Waals surface area (Å²) >= 11 is 3.66. The Kier molecular flexibility index (Phi) is 5.45. The molecule has 0 fully saturated rings. The number of halogens is 1. The molecule has 1 aromatic heterocycles. The van der Waals surface area contributed by atoms with E-state index < -0.39 is 5.54 Å². The van der Waals surface area contributed by atoms with E-state index in [0.29, 0.717) is 15.9 Å². The van der Waals surface area contributed by atoms with E-state index in [1.54, 1.807) is 13.2 Å². The van der Waals surface area contributed by atoms with Gasteiger partial charge in [-0.15, -0.1) is 0 Å². The lowest BCUT2D eigenvalue weighted by Gasteiger charge is -2.37. The summed E-state index contributed by atoms with van der Waals surface area (Å²) in [5.74, 6) is 0.510. The molecule has 4 aromatic carbocycles. The summed E-state index contributed by atoms with van der Waals surface area (Å²) in [6, 6.07) is 37.1. The molecule has 160 valence electrons. The molecule has 1 heterocycles. The lowest BCUT2D eigenvalue weighted by Crippen LogP contribution is -2.38. The van der Waals surface area contributed by atoms with E-state index in [0.717, 1.165) is 27.6 Å². The molecule has 0 atom stereocenters. The minimum absolute atomic E-state index is 0.468. The third-order valence-electron chi connectivity index (χ3n) is 5.97. The van der Waals surface area contributed by atoms with Crippen molar-refractivity contribution in [3.8, 4) is 11.8 Å². The normalized spacial score (nSPS) is 11.3. The van der Waals surface area contributed by atoms with Gasteiger partial charge >= 0.3 is 0 Å². The maximum atomic E-state index is 9.63. The Balaban J connectivity index is 1.99. The van der Waals surface area contributed by atoms with Crippen molar-refractivity contribution in [2.24, 2.45) is 0 Å². The van der Waals surface area contributed by atoms with Crippen molar-refractivity contribution in [3.05, 3.63) is 130 Å². The van der Waals surface area contributed by atoms with Crippen molar-refractivity contribution in [1.29, 1.82) is 5.26 Å². The zero-order valence-corrected chi connectivity index (χ0v) is 19.5. The Morgan fingerprint density at radius 2 is 1.27 bits per heavy atom. The Morgan fingerprint density at radius 3 is 1.70 bits per heavy atom. The van der Waals surface area contributed by atoms with Crippen molar-refractivity contribution in [2.45, 2.75) is 5.54 Å². The van der Waals surface area contributed by atoms with Crippen molar-refractivity contribution in [2.75, 3.05) is 7.11 Å². The predicted octanol–water partition coefficient (Wildman–Crippen LogP) is 6.52. The van der Waals surface area contributed by atoms with E-state index in [4.69, 9.17) is 9.84 Å². The van der Waals surface area contributed by atoms with Crippen LogP contribution in [0.2, 0.25) is 0 Å². The first-order chi connectivity index (χ1) is 16.2. The number of hydrogen-bond acceptors (Lipinski definition) is 3. The van der Waals surface area contributed by atoms with Crippen LogP contribution in [0, 0.1) is 11.3 Å². The zero-order chi connectivity index (χ0) is 22.8. The molecule has 33 heavy (non-hydrogen) atoms. The Labute approximate surface area is 200 Å². The van der Waals surface area contributed by atoms with Crippen LogP contribution < -0.4 is 4.74 Å². The van der Waals surface area contributed by atoms with Crippen LogP contribution in [0.1, 0.15) is 22.3 Å². The summed E-state index contributed by atoms with van der Waals surface area (Å²) in [6.45, 7) is 0. The molecule has 0 amide bonds. The SMILES string of the molecule is COc1c(C#N)ccc2c1c(Br)nn2C(c1ccccc1)(c1ccccc1)c1ccccc1. The highest BCUT2D eigenvalue weighted by Gasteiger charge is 2.41.